The summed E-state index contributed by atoms with van der Waals surface area (Å²) in [5.74, 6) is 0.0325. The van der Waals surface area contributed by atoms with Crippen molar-refractivity contribution in [1.82, 2.24) is 0 Å². The molecule has 15 heavy (non-hydrogen) atoms. The first-order chi connectivity index (χ1) is 7.22. The van der Waals surface area contributed by atoms with Crippen LogP contribution in [0.15, 0.2) is 37.0 Å². The van der Waals surface area contributed by atoms with Gasteiger partial charge in [0.1, 0.15) is 6.29 Å². The van der Waals surface area contributed by atoms with E-state index < -0.39 is 0 Å². The van der Waals surface area contributed by atoms with E-state index in [0.717, 1.165) is 25.5 Å². The third-order valence-electron chi connectivity index (χ3n) is 2.65. The fraction of sp³-hybridized carbons (Fsp3) is 0.385. The van der Waals surface area contributed by atoms with Gasteiger partial charge in [0, 0.05) is 11.8 Å². The molecule has 0 aromatic heterocycles. The highest BCUT2D eigenvalue weighted by atomic mass is 16.1. The molecule has 1 aliphatic carbocycles. The van der Waals surface area contributed by atoms with Crippen LogP contribution in [-0.4, -0.2) is 12.1 Å². The summed E-state index contributed by atoms with van der Waals surface area (Å²) in [6.45, 7) is 3.72. The Morgan fingerprint density at radius 3 is 2.53 bits per heavy atom. The average Bonchev–Trinajstić information content (AvgIpc) is 2.23. The number of carbonyl (C=O) groups excluding carboxylic acids is 2. The summed E-state index contributed by atoms with van der Waals surface area (Å²) >= 11 is 0. The molecular formula is C13H16O2. The molecule has 2 nitrogen and oxygen atoms in total. The van der Waals surface area contributed by atoms with Gasteiger partial charge in [0.2, 0.25) is 0 Å². The number of hydrogen-bond acceptors (Lipinski definition) is 2. The summed E-state index contributed by atoms with van der Waals surface area (Å²) in [6.07, 6.45) is 13.0. The van der Waals surface area contributed by atoms with Gasteiger partial charge in [-0.25, -0.2) is 0 Å². The number of rotatable bonds is 6. The van der Waals surface area contributed by atoms with Crippen LogP contribution in [0.2, 0.25) is 0 Å². The van der Waals surface area contributed by atoms with Crippen molar-refractivity contribution in [2.24, 2.45) is 5.41 Å². The Labute approximate surface area is 90.4 Å². The van der Waals surface area contributed by atoms with Crippen molar-refractivity contribution in [2.45, 2.75) is 25.7 Å². The van der Waals surface area contributed by atoms with E-state index in [9.17, 15) is 9.59 Å². The van der Waals surface area contributed by atoms with Gasteiger partial charge in [0.05, 0.1) is 0 Å². The van der Waals surface area contributed by atoms with E-state index >= 15 is 0 Å². The standard InChI is InChI=1S/C13H16O2/c1-2-7-13(8-3-4-11-14)9-5-12(15)6-10-13/h2,5-6,9-11H,1,3-4,7-8H2. The maximum absolute atomic E-state index is 11.0. The first-order valence-corrected chi connectivity index (χ1v) is 5.19. The number of allylic oxidation sites excluding steroid dienone is 5. The van der Waals surface area contributed by atoms with E-state index in [1.54, 1.807) is 12.2 Å². The molecular weight excluding hydrogens is 188 g/mol. The lowest BCUT2D eigenvalue weighted by atomic mass is 9.77. The fourth-order valence-corrected chi connectivity index (χ4v) is 1.80. The van der Waals surface area contributed by atoms with Gasteiger partial charge in [-0.3, -0.25) is 4.79 Å². The topological polar surface area (TPSA) is 34.1 Å². The van der Waals surface area contributed by atoms with Crippen LogP contribution < -0.4 is 0 Å². The molecule has 2 heteroatoms. The zero-order valence-corrected chi connectivity index (χ0v) is 8.82. The van der Waals surface area contributed by atoms with Crippen molar-refractivity contribution in [3.63, 3.8) is 0 Å². The highest BCUT2D eigenvalue weighted by molar-refractivity contribution is 6.00. The first-order valence-electron chi connectivity index (χ1n) is 5.19. The molecule has 0 amide bonds. The lowest BCUT2D eigenvalue weighted by molar-refractivity contribution is -0.111. The zero-order valence-electron chi connectivity index (χ0n) is 8.82. The molecule has 0 atom stereocenters. The summed E-state index contributed by atoms with van der Waals surface area (Å²) in [6, 6.07) is 0. The second-order valence-electron chi connectivity index (χ2n) is 3.85. The van der Waals surface area contributed by atoms with Crippen LogP contribution >= 0.6 is 0 Å². The number of aldehydes is 1. The number of carbonyl (C=O) groups is 2. The van der Waals surface area contributed by atoms with Gasteiger partial charge in [-0.15, -0.1) is 6.58 Å². The molecule has 80 valence electrons. The minimum absolute atomic E-state index is 0.0325. The minimum Gasteiger partial charge on any atom is -0.303 e. The van der Waals surface area contributed by atoms with Crippen molar-refractivity contribution >= 4 is 12.1 Å². The summed E-state index contributed by atoms with van der Waals surface area (Å²) < 4.78 is 0. The molecule has 0 aromatic carbocycles. The van der Waals surface area contributed by atoms with E-state index in [0.29, 0.717) is 6.42 Å². The molecule has 0 aliphatic heterocycles. The van der Waals surface area contributed by atoms with Crippen LogP contribution in [-0.2, 0) is 9.59 Å². The van der Waals surface area contributed by atoms with E-state index in [-0.39, 0.29) is 11.2 Å². The molecule has 0 unspecified atom stereocenters. The van der Waals surface area contributed by atoms with Crippen molar-refractivity contribution in [3.05, 3.63) is 37.0 Å². The molecule has 1 aliphatic rings. The second kappa shape index (κ2) is 5.44. The van der Waals surface area contributed by atoms with Gasteiger partial charge in [0.15, 0.2) is 5.78 Å². The minimum atomic E-state index is -0.0985. The lowest BCUT2D eigenvalue weighted by Gasteiger charge is -2.27. The number of hydrogen-bond donors (Lipinski definition) is 0. The van der Waals surface area contributed by atoms with Crippen molar-refractivity contribution in [1.29, 1.82) is 0 Å². The Kier molecular flexibility index (Phi) is 4.22. The van der Waals surface area contributed by atoms with Crippen LogP contribution in [0, 0.1) is 5.41 Å². The Balaban J connectivity index is 2.66. The Morgan fingerprint density at radius 2 is 2.00 bits per heavy atom. The van der Waals surface area contributed by atoms with Crippen LogP contribution in [0.4, 0.5) is 0 Å². The molecule has 1 rings (SSSR count). The highest BCUT2D eigenvalue weighted by Gasteiger charge is 2.24. The predicted molar refractivity (Wildman–Crippen MR) is 60.4 cm³/mol. The number of ketones is 1. The maximum atomic E-state index is 11.0. The molecule has 0 N–H and O–H groups in total. The molecule has 0 spiro atoms. The van der Waals surface area contributed by atoms with Gasteiger partial charge in [-0.05, 0) is 31.4 Å². The van der Waals surface area contributed by atoms with Gasteiger partial charge >= 0.3 is 0 Å². The average molecular weight is 204 g/mol. The Bertz CT molecular complexity index is 294. The zero-order chi connectivity index (χ0) is 11.1. The molecule has 0 bridgehead atoms. The van der Waals surface area contributed by atoms with E-state index in [1.165, 1.54) is 0 Å². The summed E-state index contributed by atoms with van der Waals surface area (Å²) in [4.78, 5) is 21.3. The van der Waals surface area contributed by atoms with E-state index in [1.807, 2.05) is 18.2 Å². The third-order valence-corrected chi connectivity index (χ3v) is 2.65. The molecule has 0 fully saturated rings. The largest absolute Gasteiger partial charge is 0.303 e. The maximum Gasteiger partial charge on any atom is 0.178 e. The summed E-state index contributed by atoms with van der Waals surface area (Å²) in [7, 11) is 0. The number of unbranched alkanes of at least 4 members (excludes halogenated alkanes) is 1. The molecule has 0 radical (unpaired) electrons. The van der Waals surface area contributed by atoms with Gasteiger partial charge < -0.3 is 4.79 Å². The molecule has 0 aromatic rings. The van der Waals surface area contributed by atoms with Crippen molar-refractivity contribution < 1.29 is 9.59 Å². The van der Waals surface area contributed by atoms with Crippen molar-refractivity contribution in [3.8, 4) is 0 Å². The monoisotopic (exact) mass is 204 g/mol. The smallest absolute Gasteiger partial charge is 0.178 e. The van der Waals surface area contributed by atoms with Crippen LogP contribution in [0.25, 0.3) is 0 Å². The predicted octanol–water partition coefficient (Wildman–Crippen LogP) is 2.61. The quantitative estimate of drug-likeness (QED) is 0.378. The summed E-state index contributed by atoms with van der Waals surface area (Å²) in [5.41, 5.74) is -0.0985. The van der Waals surface area contributed by atoms with Crippen LogP contribution in [0.1, 0.15) is 25.7 Å². The SMILES string of the molecule is C=CCC1(CCCC=O)C=CC(=O)C=C1. The van der Waals surface area contributed by atoms with E-state index in [2.05, 4.69) is 6.58 Å². The van der Waals surface area contributed by atoms with Crippen LogP contribution in [0.3, 0.4) is 0 Å². The fourth-order valence-electron chi connectivity index (χ4n) is 1.80. The van der Waals surface area contributed by atoms with E-state index in [4.69, 9.17) is 0 Å². The Morgan fingerprint density at radius 1 is 1.33 bits per heavy atom. The normalized spacial score (nSPS) is 17.7. The molecule has 0 saturated carbocycles. The third kappa shape index (κ3) is 3.31. The second-order valence-corrected chi connectivity index (χ2v) is 3.85. The highest BCUT2D eigenvalue weighted by Crippen LogP contribution is 2.34. The van der Waals surface area contributed by atoms with Gasteiger partial charge in [-0.1, -0.05) is 18.2 Å². The van der Waals surface area contributed by atoms with Gasteiger partial charge in [0.25, 0.3) is 0 Å². The lowest BCUT2D eigenvalue weighted by Crippen LogP contribution is -2.17. The molecule has 0 heterocycles. The van der Waals surface area contributed by atoms with Gasteiger partial charge in [-0.2, -0.15) is 0 Å². The van der Waals surface area contributed by atoms with Crippen molar-refractivity contribution in [2.75, 3.05) is 0 Å². The summed E-state index contributed by atoms with van der Waals surface area (Å²) in [5, 5.41) is 0. The Hall–Kier alpha value is -1.44. The molecule has 0 saturated heterocycles. The van der Waals surface area contributed by atoms with Crippen LogP contribution in [0.5, 0.6) is 0 Å². The first kappa shape index (κ1) is 11.6.